The molecule has 1 N–H and O–H groups in total. The largest absolute Gasteiger partial charge is 0.465 e. The number of rotatable bonds is 1. The van der Waals surface area contributed by atoms with Gasteiger partial charge in [-0.1, -0.05) is 11.6 Å². The lowest BCUT2D eigenvalue weighted by Gasteiger charge is -2.00. The van der Waals surface area contributed by atoms with E-state index in [0.29, 0.717) is 21.5 Å². The van der Waals surface area contributed by atoms with Gasteiger partial charge >= 0.3 is 5.97 Å². The number of nitrogens with zero attached hydrogens (tertiary/aromatic N) is 1. The maximum Gasteiger partial charge on any atom is 0.337 e. The Kier molecular flexibility index (Phi) is 2.66. The third-order valence-corrected chi connectivity index (χ3v) is 2.44. The van der Waals surface area contributed by atoms with Crippen LogP contribution in [-0.2, 0) is 4.74 Å². The van der Waals surface area contributed by atoms with Crippen LogP contribution < -0.4 is 4.73 Å². The second kappa shape index (κ2) is 3.98. The van der Waals surface area contributed by atoms with E-state index in [1.165, 1.54) is 13.3 Å². The molecule has 0 bridgehead atoms. The van der Waals surface area contributed by atoms with E-state index in [9.17, 15) is 10.0 Å². The first-order chi connectivity index (χ1) is 7.61. The van der Waals surface area contributed by atoms with Gasteiger partial charge in [-0.2, -0.15) is 0 Å². The second-order valence-electron chi connectivity index (χ2n) is 3.27. The average Bonchev–Trinajstić information content (AvgIpc) is 2.27. The molecule has 5 heteroatoms. The van der Waals surface area contributed by atoms with E-state index >= 15 is 0 Å². The van der Waals surface area contributed by atoms with Crippen molar-refractivity contribution in [3.63, 3.8) is 0 Å². The Bertz CT molecular complexity index is 568. The van der Waals surface area contributed by atoms with Crippen molar-refractivity contribution in [2.24, 2.45) is 0 Å². The maximum atomic E-state index is 11.3. The van der Waals surface area contributed by atoms with E-state index in [1.54, 1.807) is 24.3 Å². The standard InChI is InChI=1S/C11H9ClNO3/c1-16-11(14)7-2-3-10-8(4-7)5-9(12)6-13(10)15/h2-6,15H,1H3/q+1. The van der Waals surface area contributed by atoms with Crippen LogP contribution in [0.4, 0.5) is 0 Å². The Hall–Kier alpha value is -1.81. The highest BCUT2D eigenvalue weighted by Crippen LogP contribution is 2.17. The molecule has 2 aromatic rings. The van der Waals surface area contributed by atoms with Gasteiger partial charge in [0.05, 0.1) is 18.1 Å². The third-order valence-electron chi connectivity index (χ3n) is 2.23. The number of hydrogen-bond acceptors (Lipinski definition) is 3. The first-order valence-corrected chi connectivity index (χ1v) is 4.92. The van der Waals surface area contributed by atoms with Crippen LogP contribution in [0.2, 0.25) is 5.02 Å². The first kappa shape index (κ1) is 10.7. The van der Waals surface area contributed by atoms with E-state index in [4.69, 9.17) is 11.6 Å². The number of benzene rings is 1. The van der Waals surface area contributed by atoms with Crippen LogP contribution in [0.3, 0.4) is 0 Å². The Balaban J connectivity index is 2.66. The van der Waals surface area contributed by atoms with Gasteiger partial charge < -0.3 is 4.74 Å². The number of hydrogen-bond donors (Lipinski definition) is 1. The van der Waals surface area contributed by atoms with Gasteiger partial charge in [0.25, 0.3) is 5.52 Å². The van der Waals surface area contributed by atoms with Crippen LogP contribution in [0.5, 0.6) is 0 Å². The van der Waals surface area contributed by atoms with E-state index in [1.807, 2.05) is 0 Å². The Morgan fingerprint density at radius 2 is 2.19 bits per heavy atom. The Morgan fingerprint density at radius 1 is 1.44 bits per heavy atom. The van der Waals surface area contributed by atoms with Crippen molar-refractivity contribution in [1.82, 2.24) is 0 Å². The van der Waals surface area contributed by atoms with Crippen molar-refractivity contribution >= 4 is 28.5 Å². The Labute approximate surface area is 96.6 Å². The minimum absolute atomic E-state index is 0.386. The number of methoxy groups -OCH3 is 1. The van der Waals surface area contributed by atoms with Gasteiger partial charge in [0.15, 0.2) is 0 Å². The van der Waals surface area contributed by atoms with Crippen LogP contribution in [0.15, 0.2) is 30.5 Å². The minimum Gasteiger partial charge on any atom is -0.465 e. The highest BCUT2D eigenvalue weighted by atomic mass is 35.5. The summed E-state index contributed by atoms with van der Waals surface area (Å²) in [4.78, 5) is 11.3. The molecule has 0 saturated carbocycles. The number of esters is 1. The number of carbonyl (C=O) groups excluding carboxylic acids is 1. The van der Waals surface area contributed by atoms with Crippen molar-refractivity contribution in [3.05, 3.63) is 41.0 Å². The van der Waals surface area contributed by atoms with Gasteiger partial charge in [0, 0.05) is 10.8 Å². The maximum absolute atomic E-state index is 11.3. The number of fused-ring (bicyclic) bond motifs is 1. The third kappa shape index (κ3) is 1.79. The molecule has 82 valence electrons. The SMILES string of the molecule is COC(=O)c1ccc2c(cc(Cl)c[n+]2O)c1. The summed E-state index contributed by atoms with van der Waals surface area (Å²) >= 11 is 5.79. The molecule has 0 radical (unpaired) electrons. The molecule has 1 aromatic heterocycles. The summed E-state index contributed by atoms with van der Waals surface area (Å²) in [5.74, 6) is -0.425. The van der Waals surface area contributed by atoms with Gasteiger partial charge in [0.2, 0.25) is 6.20 Å². The minimum atomic E-state index is -0.425. The number of aromatic nitrogens is 1. The summed E-state index contributed by atoms with van der Waals surface area (Å²) in [5, 5.41) is 10.6. The number of carbonyl (C=O) groups is 1. The molecular formula is C11H9ClNO3+. The van der Waals surface area contributed by atoms with Crippen LogP contribution in [0.25, 0.3) is 10.9 Å². The summed E-state index contributed by atoms with van der Waals surface area (Å²) in [6.07, 6.45) is 1.38. The molecule has 4 nitrogen and oxygen atoms in total. The lowest BCUT2D eigenvalue weighted by atomic mass is 10.1. The molecule has 0 aliphatic carbocycles. The van der Waals surface area contributed by atoms with Gasteiger partial charge in [0.1, 0.15) is 5.02 Å². The zero-order valence-electron chi connectivity index (χ0n) is 8.48. The monoisotopic (exact) mass is 238 g/mol. The summed E-state index contributed by atoms with van der Waals surface area (Å²) in [6, 6.07) is 6.47. The predicted octanol–water partition coefficient (Wildman–Crippen LogP) is 1.80. The van der Waals surface area contributed by atoms with Gasteiger partial charge in [-0.25, -0.2) is 4.79 Å². The molecule has 1 aromatic carbocycles. The molecule has 0 aliphatic heterocycles. The topological polar surface area (TPSA) is 50.4 Å². The molecule has 0 atom stereocenters. The highest BCUT2D eigenvalue weighted by molar-refractivity contribution is 6.30. The quantitative estimate of drug-likeness (QED) is 0.468. The summed E-state index contributed by atoms with van der Waals surface area (Å²) in [7, 11) is 1.32. The van der Waals surface area contributed by atoms with E-state index in [2.05, 4.69) is 4.74 Å². The fourth-order valence-corrected chi connectivity index (χ4v) is 1.71. The molecule has 0 amide bonds. The van der Waals surface area contributed by atoms with Crippen molar-refractivity contribution in [1.29, 1.82) is 0 Å². The molecule has 0 aliphatic rings. The van der Waals surface area contributed by atoms with Gasteiger partial charge in [-0.05, 0) is 18.2 Å². The molecule has 2 rings (SSSR count). The number of halogens is 1. The zero-order chi connectivity index (χ0) is 11.7. The van der Waals surface area contributed by atoms with Crippen molar-refractivity contribution in [2.45, 2.75) is 0 Å². The fraction of sp³-hybridized carbons (Fsp3) is 0.0909. The summed E-state index contributed by atoms with van der Waals surface area (Å²) in [5.41, 5.74) is 0.981. The van der Waals surface area contributed by atoms with Crippen molar-refractivity contribution in [3.8, 4) is 0 Å². The van der Waals surface area contributed by atoms with Crippen LogP contribution in [0, 0.1) is 0 Å². The van der Waals surface area contributed by atoms with Gasteiger partial charge in [-0.15, -0.1) is 0 Å². The molecule has 0 fully saturated rings. The predicted molar refractivity (Wildman–Crippen MR) is 57.7 cm³/mol. The average molecular weight is 239 g/mol. The van der Waals surface area contributed by atoms with E-state index in [-0.39, 0.29) is 0 Å². The molecule has 1 heterocycles. The highest BCUT2D eigenvalue weighted by Gasteiger charge is 2.13. The summed E-state index contributed by atoms with van der Waals surface area (Å²) < 4.78 is 5.52. The molecule has 0 spiro atoms. The molecule has 0 saturated heterocycles. The second-order valence-corrected chi connectivity index (χ2v) is 3.70. The van der Waals surface area contributed by atoms with Crippen LogP contribution in [0.1, 0.15) is 10.4 Å². The fourth-order valence-electron chi connectivity index (χ4n) is 1.50. The van der Waals surface area contributed by atoms with Crippen molar-refractivity contribution < 1.29 is 19.5 Å². The smallest absolute Gasteiger partial charge is 0.337 e. The number of ether oxygens (including phenoxy) is 1. The van der Waals surface area contributed by atoms with Gasteiger partial charge in [-0.3, -0.25) is 5.21 Å². The Morgan fingerprint density at radius 3 is 2.88 bits per heavy atom. The lowest BCUT2D eigenvalue weighted by molar-refractivity contribution is -0.884. The van der Waals surface area contributed by atoms with E-state index < -0.39 is 5.97 Å². The van der Waals surface area contributed by atoms with E-state index in [0.717, 1.165) is 4.73 Å². The molecule has 0 unspecified atom stereocenters. The van der Waals surface area contributed by atoms with Crippen LogP contribution >= 0.6 is 11.6 Å². The molecular weight excluding hydrogens is 230 g/mol. The number of pyridine rings is 1. The lowest BCUT2D eigenvalue weighted by Crippen LogP contribution is -2.30. The first-order valence-electron chi connectivity index (χ1n) is 4.54. The summed E-state index contributed by atoms with van der Waals surface area (Å²) in [6.45, 7) is 0. The van der Waals surface area contributed by atoms with Crippen LogP contribution in [-0.4, -0.2) is 18.3 Å². The zero-order valence-corrected chi connectivity index (χ0v) is 9.23. The normalized spacial score (nSPS) is 10.4. The van der Waals surface area contributed by atoms with Crippen molar-refractivity contribution in [2.75, 3.05) is 7.11 Å². The molecule has 16 heavy (non-hydrogen) atoms.